The number of carboxylic acids is 1. The van der Waals surface area contributed by atoms with E-state index in [1.54, 1.807) is 0 Å². The van der Waals surface area contributed by atoms with Gasteiger partial charge in [0.15, 0.2) is 0 Å². The number of halogens is 2. The normalized spacial score (nSPS) is 10.7. The van der Waals surface area contributed by atoms with Crippen molar-refractivity contribution in [2.75, 3.05) is 0 Å². The van der Waals surface area contributed by atoms with E-state index in [-0.39, 0.29) is 29.1 Å². The minimum atomic E-state index is -2.70. The van der Waals surface area contributed by atoms with E-state index in [2.05, 4.69) is 4.98 Å². The van der Waals surface area contributed by atoms with Gasteiger partial charge in [0.2, 0.25) is 0 Å². The number of alkyl halides is 2. The number of aromatic nitrogens is 1. The molecule has 0 atom stereocenters. The second-order valence-electron chi connectivity index (χ2n) is 2.98. The van der Waals surface area contributed by atoms with Crippen molar-refractivity contribution < 1.29 is 18.7 Å². The molecule has 0 spiro atoms. The average molecular weight is 216 g/mol. The van der Waals surface area contributed by atoms with Gasteiger partial charge in [0.1, 0.15) is 5.69 Å². The van der Waals surface area contributed by atoms with Crippen molar-refractivity contribution in [3.8, 4) is 0 Å². The second kappa shape index (κ2) is 4.31. The van der Waals surface area contributed by atoms with E-state index in [0.29, 0.717) is 0 Å². The summed E-state index contributed by atoms with van der Waals surface area (Å²) >= 11 is 0. The zero-order valence-electron chi connectivity index (χ0n) is 8.00. The first-order valence-corrected chi connectivity index (χ1v) is 4.19. The third kappa shape index (κ3) is 2.27. The summed E-state index contributed by atoms with van der Waals surface area (Å²) in [4.78, 5) is 14.2. The van der Waals surface area contributed by atoms with Crippen molar-refractivity contribution in [1.82, 2.24) is 4.98 Å². The Morgan fingerprint density at radius 1 is 1.67 bits per heavy atom. The fourth-order valence-corrected chi connectivity index (χ4v) is 1.32. The third-order valence-electron chi connectivity index (χ3n) is 1.99. The van der Waals surface area contributed by atoms with Crippen LogP contribution >= 0.6 is 0 Å². The van der Waals surface area contributed by atoms with Crippen LogP contribution in [0.2, 0.25) is 0 Å². The SMILES string of the molecule is Cc1nc(C(=O)O)cc(CN)c1C(F)F. The minimum Gasteiger partial charge on any atom is -0.477 e. The molecule has 0 aliphatic carbocycles. The molecule has 0 bridgehead atoms. The van der Waals surface area contributed by atoms with Gasteiger partial charge in [-0.2, -0.15) is 0 Å². The molecule has 82 valence electrons. The summed E-state index contributed by atoms with van der Waals surface area (Å²) in [6, 6.07) is 1.08. The number of hydrogen-bond donors (Lipinski definition) is 2. The summed E-state index contributed by atoms with van der Waals surface area (Å²) in [6.45, 7) is 1.20. The Labute approximate surface area is 84.7 Å². The molecule has 0 saturated heterocycles. The Balaban J connectivity index is 3.37. The van der Waals surface area contributed by atoms with Crippen LogP contribution in [-0.4, -0.2) is 16.1 Å². The fraction of sp³-hybridized carbons (Fsp3) is 0.333. The lowest BCUT2D eigenvalue weighted by atomic mass is 10.1. The van der Waals surface area contributed by atoms with E-state index < -0.39 is 12.4 Å². The lowest BCUT2D eigenvalue weighted by Gasteiger charge is -2.10. The lowest BCUT2D eigenvalue weighted by molar-refractivity contribution is 0.0689. The van der Waals surface area contributed by atoms with Crippen LogP contribution in [-0.2, 0) is 6.54 Å². The number of rotatable bonds is 3. The Kier molecular flexibility index (Phi) is 3.31. The van der Waals surface area contributed by atoms with E-state index in [4.69, 9.17) is 10.8 Å². The Morgan fingerprint density at radius 3 is 2.67 bits per heavy atom. The predicted molar refractivity (Wildman–Crippen MR) is 48.8 cm³/mol. The summed E-state index contributed by atoms with van der Waals surface area (Å²) in [5.74, 6) is -1.26. The summed E-state index contributed by atoms with van der Waals surface area (Å²) < 4.78 is 25.1. The van der Waals surface area contributed by atoms with Gasteiger partial charge in [-0.15, -0.1) is 0 Å². The highest BCUT2D eigenvalue weighted by atomic mass is 19.3. The molecule has 15 heavy (non-hydrogen) atoms. The monoisotopic (exact) mass is 216 g/mol. The van der Waals surface area contributed by atoms with Gasteiger partial charge in [0.05, 0.1) is 0 Å². The maximum Gasteiger partial charge on any atom is 0.354 e. The molecular weight excluding hydrogens is 206 g/mol. The van der Waals surface area contributed by atoms with E-state index >= 15 is 0 Å². The van der Waals surface area contributed by atoms with Crippen LogP contribution in [0.1, 0.15) is 33.7 Å². The Bertz CT molecular complexity index is 394. The molecule has 4 nitrogen and oxygen atoms in total. The molecule has 3 N–H and O–H groups in total. The number of nitrogens with two attached hydrogens (primary N) is 1. The van der Waals surface area contributed by atoms with Crippen molar-refractivity contribution in [2.24, 2.45) is 5.73 Å². The summed E-state index contributed by atoms with van der Waals surface area (Å²) in [7, 11) is 0. The number of hydrogen-bond acceptors (Lipinski definition) is 3. The molecule has 1 rings (SSSR count). The van der Waals surface area contributed by atoms with Crippen LogP contribution in [0.25, 0.3) is 0 Å². The molecule has 1 aromatic heterocycles. The first-order chi connectivity index (χ1) is 6.97. The van der Waals surface area contributed by atoms with E-state index in [0.717, 1.165) is 6.07 Å². The van der Waals surface area contributed by atoms with E-state index in [1.165, 1.54) is 6.92 Å². The molecule has 1 heterocycles. The molecule has 0 aliphatic heterocycles. The molecule has 0 saturated carbocycles. The zero-order chi connectivity index (χ0) is 11.6. The molecule has 1 aromatic rings. The number of aromatic carboxylic acids is 1. The smallest absolute Gasteiger partial charge is 0.354 e. The molecule has 0 aliphatic rings. The Morgan fingerprint density at radius 2 is 2.27 bits per heavy atom. The molecular formula is C9H10F2N2O2. The lowest BCUT2D eigenvalue weighted by Crippen LogP contribution is -2.10. The number of pyridine rings is 1. The van der Waals surface area contributed by atoms with Gasteiger partial charge >= 0.3 is 5.97 Å². The number of carboxylic acid groups (broad SMARTS) is 1. The minimum absolute atomic E-state index is 0.00495. The van der Waals surface area contributed by atoms with Crippen LogP contribution in [0.5, 0.6) is 0 Å². The number of aryl methyl sites for hydroxylation is 1. The standard InChI is InChI=1S/C9H10F2N2O2/c1-4-7(8(10)11)5(3-12)2-6(13-4)9(14)15/h2,8H,3,12H2,1H3,(H,14,15). The molecule has 0 unspecified atom stereocenters. The van der Waals surface area contributed by atoms with Gasteiger partial charge < -0.3 is 10.8 Å². The van der Waals surface area contributed by atoms with Gasteiger partial charge in [-0.05, 0) is 18.6 Å². The maximum atomic E-state index is 12.6. The molecule has 0 fully saturated rings. The van der Waals surface area contributed by atoms with Crippen LogP contribution < -0.4 is 5.73 Å². The third-order valence-corrected chi connectivity index (χ3v) is 1.99. The van der Waals surface area contributed by atoms with Crippen molar-refractivity contribution in [1.29, 1.82) is 0 Å². The Hall–Kier alpha value is -1.56. The van der Waals surface area contributed by atoms with Gasteiger partial charge in [0.25, 0.3) is 6.43 Å². The number of carbonyl (C=O) groups is 1. The van der Waals surface area contributed by atoms with E-state index in [1.807, 2.05) is 0 Å². The van der Waals surface area contributed by atoms with Gasteiger partial charge in [-0.25, -0.2) is 18.6 Å². The second-order valence-corrected chi connectivity index (χ2v) is 2.98. The summed E-state index contributed by atoms with van der Waals surface area (Å²) in [5, 5.41) is 8.67. The van der Waals surface area contributed by atoms with Crippen LogP contribution in [0.4, 0.5) is 8.78 Å². The first-order valence-electron chi connectivity index (χ1n) is 4.19. The molecule has 0 radical (unpaired) electrons. The highest BCUT2D eigenvalue weighted by molar-refractivity contribution is 5.85. The van der Waals surface area contributed by atoms with E-state index in [9.17, 15) is 13.6 Å². The summed E-state index contributed by atoms with van der Waals surface area (Å²) in [6.07, 6.45) is -2.70. The fourth-order valence-electron chi connectivity index (χ4n) is 1.32. The average Bonchev–Trinajstić information content (AvgIpc) is 2.15. The van der Waals surface area contributed by atoms with Gasteiger partial charge in [0, 0.05) is 17.8 Å². The largest absolute Gasteiger partial charge is 0.477 e. The topological polar surface area (TPSA) is 76.2 Å². The first kappa shape index (κ1) is 11.5. The van der Waals surface area contributed by atoms with Crippen molar-refractivity contribution in [3.05, 3.63) is 28.6 Å². The summed E-state index contributed by atoms with van der Waals surface area (Å²) in [5.41, 5.74) is 4.86. The zero-order valence-corrected chi connectivity index (χ0v) is 8.00. The van der Waals surface area contributed by atoms with Gasteiger partial charge in [-0.1, -0.05) is 0 Å². The highest BCUT2D eigenvalue weighted by Gasteiger charge is 2.19. The van der Waals surface area contributed by atoms with Crippen LogP contribution in [0, 0.1) is 6.92 Å². The number of nitrogens with zero attached hydrogens (tertiary/aromatic N) is 1. The predicted octanol–water partition coefficient (Wildman–Crippen LogP) is 1.48. The van der Waals surface area contributed by atoms with Crippen LogP contribution in [0.15, 0.2) is 6.07 Å². The van der Waals surface area contributed by atoms with Crippen molar-refractivity contribution >= 4 is 5.97 Å². The highest BCUT2D eigenvalue weighted by Crippen LogP contribution is 2.25. The molecule has 6 heteroatoms. The van der Waals surface area contributed by atoms with Crippen molar-refractivity contribution in [3.63, 3.8) is 0 Å². The van der Waals surface area contributed by atoms with Crippen molar-refractivity contribution in [2.45, 2.75) is 19.9 Å². The van der Waals surface area contributed by atoms with Gasteiger partial charge in [-0.3, -0.25) is 0 Å². The molecule has 0 amide bonds. The quantitative estimate of drug-likeness (QED) is 0.802. The maximum absolute atomic E-state index is 12.6. The van der Waals surface area contributed by atoms with Crippen LogP contribution in [0.3, 0.4) is 0 Å². The molecule has 0 aromatic carbocycles.